The highest BCUT2D eigenvalue weighted by molar-refractivity contribution is 5.97. The Morgan fingerprint density at radius 3 is 2.75 bits per heavy atom. The Balaban J connectivity index is 0.000000538. The third-order valence-corrected chi connectivity index (χ3v) is 5.70. The van der Waals surface area contributed by atoms with Crippen molar-refractivity contribution in [3.05, 3.63) is 72.5 Å². The number of aromatic amines is 1. The average Bonchev–Trinajstić information content (AvgIpc) is 3.41. The van der Waals surface area contributed by atoms with Gasteiger partial charge in [0.15, 0.2) is 0 Å². The van der Waals surface area contributed by atoms with Gasteiger partial charge in [-0.15, -0.1) is 0 Å². The van der Waals surface area contributed by atoms with Gasteiger partial charge in [0.1, 0.15) is 6.61 Å². The molecule has 0 saturated carbocycles. The minimum Gasteiger partial charge on any atom is -0.386 e. The van der Waals surface area contributed by atoms with Gasteiger partial charge in [-0.1, -0.05) is 37.3 Å². The van der Waals surface area contributed by atoms with E-state index in [4.69, 9.17) is 10.6 Å². The van der Waals surface area contributed by atoms with Crippen molar-refractivity contribution in [2.45, 2.75) is 26.2 Å². The van der Waals surface area contributed by atoms with E-state index in [0.29, 0.717) is 18.7 Å². The number of amides is 2. The standard InChI is InChI=1S/C24H26N4O2.C4H9NO/c1-26-22-14-20(12-19-10-11-27-24(19)22)18-8-5-9-21(13-18)28(25)23(29)16-30-15-17-6-3-2-4-7-17;1-2-3-5-4-6/h3,5-14,26-27H,2,4,15-16,25H2,1H3;4H,2-3H2,1H3,(H,5,6). The molecule has 5 N–H and O–H groups in total. The first kappa shape index (κ1) is 26.7. The summed E-state index contributed by atoms with van der Waals surface area (Å²) in [4.78, 5) is 25.2. The van der Waals surface area contributed by atoms with Crippen LogP contribution < -0.4 is 21.5 Å². The molecule has 1 aliphatic carbocycles. The summed E-state index contributed by atoms with van der Waals surface area (Å²) in [5, 5.41) is 8.01. The second-order valence-corrected chi connectivity index (χ2v) is 8.35. The van der Waals surface area contributed by atoms with Crippen LogP contribution in [0.3, 0.4) is 0 Å². The highest BCUT2D eigenvalue weighted by Crippen LogP contribution is 2.31. The third-order valence-electron chi connectivity index (χ3n) is 5.70. The number of hydrogen-bond acceptors (Lipinski definition) is 5. The molecular weight excluding hydrogens is 454 g/mol. The molecule has 1 heterocycles. The Morgan fingerprint density at radius 1 is 1.19 bits per heavy atom. The number of carbonyl (C=O) groups excluding carboxylic acids is 2. The predicted octanol–water partition coefficient (Wildman–Crippen LogP) is 4.52. The summed E-state index contributed by atoms with van der Waals surface area (Å²) >= 11 is 0. The molecule has 2 amide bonds. The van der Waals surface area contributed by atoms with E-state index in [0.717, 1.165) is 64.1 Å². The molecule has 3 aromatic rings. The quantitative estimate of drug-likeness (QED) is 0.110. The number of hydrogen-bond donors (Lipinski definition) is 4. The lowest BCUT2D eigenvalue weighted by atomic mass is 10.0. The maximum Gasteiger partial charge on any atom is 0.267 e. The summed E-state index contributed by atoms with van der Waals surface area (Å²) in [6.07, 6.45) is 12.0. The number of carbonyl (C=O) groups is 2. The zero-order valence-corrected chi connectivity index (χ0v) is 20.9. The van der Waals surface area contributed by atoms with Crippen molar-refractivity contribution in [2.24, 2.45) is 5.84 Å². The lowest BCUT2D eigenvalue weighted by Gasteiger charge is -2.18. The number of anilines is 2. The number of aromatic nitrogens is 1. The van der Waals surface area contributed by atoms with Crippen LogP contribution in [0.15, 0.2) is 72.5 Å². The van der Waals surface area contributed by atoms with Gasteiger partial charge in [0, 0.05) is 25.2 Å². The van der Waals surface area contributed by atoms with Gasteiger partial charge in [-0.25, -0.2) is 10.9 Å². The van der Waals surface area contributed by atoms with Crippen molar-refractivity contribution in [2.75, 3.05) is 37.1 Å². The predicted molar refractivity (Wildman–Crippen MR) is 147 cm³/mol. The van der Waals surface area contributed by atoms with Crippen molar-refractivity contribution >= 4 is 34.6 Å². The van der Waals surface area contributed by atoms with Crippen LogP contribution in [0.5, 0.6) is 0 Å². The SMILES string of the molecule is CCCNC=O.CNc1cc(-c2cccc(N(N)C(=O)COCC3=CCCC=C3)c2)cc2cc[nH]c12. The largest absolute Gasteiger partial charge is 0.386 e. The van der Waals surface area contributed by atoms with E-state index < -0.39 is 0 Å². The summed E-state index contributed by atoms with van der Waals surface area (Å²) in [5.41, 5.74) is 5.82. The molecule has 0 atom stereocenters. The summed E-state index contributed by atoms with van der Waals surface area (Å²) in [6.45, 7) is 3.16. The van der Waals surface area contributed by atoms with E-state index in [-0.39, 0.29) is 12.5 Å². The maximum atomic E-state index is 12.5. The Hall–Kier alpha value is -3.88. The van der Waals surface area contributed by atoms with Gasteiger partial charge >= 0.3 is 0 Å². The maximum absolute atomic E-state index is 12.5. The molecule has 0 aliphatic heterocycles. The summed E-state index contributed by atoms with van der Waals surface area (Å²) in [5.74, 6) is 5.81. The molecule has 0 spiro atoms. The van der Waals surface area contributed by atoms with E-state index in [1.165, 1.54) is 0 Å². The minimum atomic E-state index is -0.287. The highest BCUT2D eigenvalue weighted by atomic mass is 16.5. The van der Waals surface area contributed by atoms with Crippen LogP contribution in [0, 0.1) is 0 Å². The van der Waals surface area contributed by atoms with E-state index in [1.807, 2.05) is 56.6 Å². The number of allylic oxidation sites excluding steroid dienone is 2. The molecule has 8 nitrogen and oxygen atoms in total. The van der Waals surface area contributed by atoms with Crippen LogP contribution in [0.2, 0.25) is 0 Å². The molecule has 1 aliphatic rings. The first-order valence-electron chi connectivity index (χ1n) is 12.1. The number of H-pyrrole nitrogens is 1. The van der Waals surface area contributed by atoms with Crippen LogP contribution in [0.1, 0.15) is 26.2 Å². The number of hydrazine groups is 1. The van der Waals surface area contributed by atoms with Gasteiger partial charge < -0.3 is 20.4 Å². The third kappa shape index (κ3) is 7.31. The zero-order valence-electron chi connectivity index (χ0n) is 20.9. The fourth-order valence-corrected chi connectivity index (χ4v) is 3.82. The molecule has 36 heavy (non-hydrogen) atoms. The molecular formula is C28H35N5O3. The molecule has 8 heteroatoms. The van der Waals surface area contributed by atoms with Gasteiger partial charge in [-0.3, -0.25) is 9.59 Å². The van der Waals surface area contributed by atoms with Crippen LogP contribution in [0.4, 0.5) is 11.4 Å². The van der Waals surface area contributed by atoms with Crippen LogP contribution in [0.25, 0.3) is 22.0 Å². The van der Waals surface area contributed by atoms with Gasteiger partial charge in [-0.05, 0) is 66.3 Å². The average molecular weight is 490 g/mol. The number of nitrogens with one attached hydrogen (secondary N) is 3. The number of benzene rings is 2. The number of ether oxygens (including phenoxy) is 1. The molecule has 0 fully saturated rings. The summed E-state index contributed by atoms with van der Waals surface area (Å²) in [6, 6.07) is 13.9. The molecule has 4 rings (SSSR count). The molecule has 2 aromatic carbocycles. The van der Waals surface area contributed by atoms with Crippen molar-refractivity contribution in [3.63, 3.8) is 0 Å². The number of nitrogens with two attached hydrogens (primary N) is 1. The Kier molecular flexibility index (Phi) is 10.3. The number of rotatable bonds is 10. The monoisotopic (exact) mass is 489 g/mol. The topological polar surface area (TPSA) is 112 Å². The lowest BCUT2D eigenvalue weighted by molar-refractivity contribution is -0.122. The zero-order chi connectivity index (χ0) is 25.8. The molecule has 0 radical (unpaired) electrons. The van der Waals surface area contributed by atoms with Gasteiger partial charge in [0.2, 0.25) is 6.41 Å². The smallest absolute Gasteiger partial charge is 0.267 e. The Labute approximate surface area is 212 Å². The lowest BCUT2D eigenvalue weighted by Crippen LogP contribution is -2.40. The van der Waals surface area contributed by atoms with Crippen molar-refractivity contribution in [3.8, 4) is 11.1 Å². The fourth-order valence-electron chi connectivity index (χ4n) is 3.82. The Morgan fingerprint density at radius 2 is 2.06 bits per heavy atom. The molecule has 0 unspecified atom stereocenters. The summed E-state index contributed by atoms with van der Waals surface area (Å²) in [7, 11) is 1.90. The number of nitrogens with zero attached hydrogens (tertiary/aromatic N) is 1. The highest BCUT2D eigenvalue weighted by Gasteiger charge is 2.14. The van der Waals surface area contributed by atoms with Crippen molar-refractivity contribution in [1.29, 1.82) is 0 Å². The first-order valence-corrected chi connectivity index (χ1v) is 12.1. The number of fused-ring (bicyclic) bond motifs is 1. The van der Waals surface area contributed by atoms with E-state index in [1.54, 1.807) is 0 Å². The van der Waals surface area contributed by atoms with Crippen LogP contribution in [-0.4, -0.2) is 44.1 Å². The van der Waals surface area contributed by atoms with Crippen molar-refractivity contribution < 1.29 is 14.3 Å². The Bertz CT molecular complexity index is 1210. The fraction of sp³-hybridized carbons (Fsp3) is 0.286. The van der Waals surface area contributed by atoms with E-state index in [9.17, 15) is 9.59 Å². The van der Waals surface area contributed by atoms with Crippen LogP contribution in [-0.2, 0) is 14.3 Å². The second-order valence-electron chi connectivity index (χ2n) is 8.35. The van der Waals surface area contributed by atoms with Crippen molar-refractivity contribution in [1.82, 2.24) is 10.3 Å². The molecule has 1 aromatic heterocycles. The summed E-state index contributed by atoms with van der Waals surface area (Å²) < 4.78 is 5.56. The van der Waals surface area contributed by atoms with Crippen LogP contribution >= 0.6 is 0 Å². The minimum absolute atomic E-state index is 0.0644. The molecule has 190 valence electrons. The molecule has 0 saturated heterocycles. The van der Waals surface area contributed by atoms with E-state index >= 15 is 0 Å². The van der Waals surface area contributed by atoms with Gasteiger partial charge in [-0.2, -0.15) is 0 Å². The normalized spacial score (nSPS) is 12.4. The van der Waals surface area contributed by atoms with E-state index in [2.05, 4.69) is 39.9 Å². The van der Waals surface area contributed by atoms with Gasteiger partial charge in [0.05, 0.1) is 23.5 Å². The molecule has 0 bridgehead atoms. The van der Waals surface area contributed by atoms with Gasteiger partial charge in [0.25, 0.3) is 5.91 Å². The second kappa shape index (κ2) is 13.9. The first-order chi connectivity index (χ1) is 17.6.